The van der Waals surface area contributed by atoms with E-state index in [1.165, 1.54) is 37.6 Å². The van der Waals surface area contributed by atoms with Crippen LogP contribution in [0.25, 0.3) is 0 Å². The summed E-state index contributed by atoms with van der Waals surface area (Å²) in [6, 6.07) is 5.67. The summed E-state index contributed by atoms with van der Waals surface area (Å²) in [6.45, 7) is 5.54. The van der Waals surface area contributed by atoms with Crippen LogP contribution in [0.1, 0.15) is 56.8 Å². The van der Waals surface area contributed by atoms with Gasteiger partial charge in [0.05, 0.1) is 10.5 Å². The lowest BCUT2D eigenvalue weighted by Gasteiger charge is -2.30. The van der Waals surface area contributed by atoms with Gasteiger partial charge in [-0.1, -0.05) is 32.8 Å². The van der Waals surface area contributed by atoms with Crippen molar-refractivity contribution >= 4 is 21.9 Å². The second-order valence-corrected chi connectivity index (χ2v) is 8.72. The Balaban J connectivity index is 2.00. The van der Waals surface area contributed by atoms with Crippen LogP contribution < -0.4 is 10.0 Å². The lowest BCUT2D eigenvalue weighted by atomic mass is 9.86. The Labute approximate surface area is 160 Å². The van der Waals surface area contributed by atoms with E-state index in [4.69, 9.17) is 4.74 Å². The molecule has 0 aliphatic heterocycles. The van der Waals surface area contributed by atoms with Gasteiger partial charge in [0.2, 0.25) is 10.0 Å². The van der Waals surface area contributed by atoms with Crippen molar-refractivity contribution < 1.29 is 22.7 Å². The molecule has 3 atom stereocenters. The molecule has 0 saturated heterocycles. The van der Waals surface area contributed by atoms with Gasteiger partial charge < -0.3 is 10.1 Å². The number of carbonyl (C=O) groups excluding carboxylic acids is 2. The van der Waals surface area contributed by atoms with Gasteiger partial charge in [-0.15, -0.1) is 0 Å². The van der Waals surface area contributed by atoms with Gasteiger partial charge in [-0.05, 0) is 43.9 Å². The van der Waals surface area contributed by atoms with Crippen LogP contribution in [0.3, 0.4) is 0 Å². The molecule has 1 amide bonds. The molecule has 0 spiro atoms. The molecule has 1 fully saturated rings. The highest BCUT2D eigenvalue weighted by atomic mass is 32.2. The highest BCUT2D eigenvalue weighted by molar-refractivity contribution is 7.89. The summed E-state index contributed by atoms with van der Waals surface area (Å²) >= 11 is 0. The first-order chi connectivity index (χ1) is 12.7. The Bertz CT molecular complexity index is 778. The predicted molar refractivity (Wildman–Crippen MR) is 102 cm³/mol. The molecule has 1 aromatic carbocycles. The van der Waals surface area contributed by atoms with Gasteiger partial charge in [-0.25, -0.2) is 17.9 Å². The fourth-order valence-electron chi connectivity index (χ4n) is 3.18. The van der Waals surface area contributed by atoms with E-state index in [1.54, 1.807) is 6.92 Å². The molecule has 7 nitrogen and oxygen atoms in total. The first-order valence-electron chi connectivity index (χ1n) is 9.35. The van der Waals surface area contributed by atoms with E-state index in [2.05, 4.69) is 17.0 Å². The van der Waals surface area contributed by atoms with E-state index in [-0.39, 0.29) is 29.0 Å². The Morgan fingerprint density at radius 2 is 1.96 bits per heavy atom. The molecule has 1 saturated carbocycles. The molecule has 0 aromatic heterocycles. The highest BCUT2D eigenvalue weighted by Gasteiger charge is 2.26. The van der Waals surface area contributed by atoms with Gasteiger partial charge in [-0.2, -0.15) is 0 Å². The molecule has 1 aromatic rings. The topological polar surface area (TPSA) is 102 Å². The molecule has 1 aliphatic carbocycles. The summed E-state index contributed by atoms with van der Waals surface area (Å²) in [4.78, 5) is 24.7. The minimum atomic E-state index is -3.67. The summed E-state index contributed by atoms with van der Waals surface area (Å²) < 4.78 is 31.7. The third-order valence-electron chi connectivity index (χ3n) is 4.81. The minimum Gasteiger partial charge on any atom is -0.449 e. The van der Waals surface area contributed by atoms with Crippen molar-refractivity contribution in [2.75, 3.05) is 6.54 Å². The Morgan fingerprint density at radius 1 is 1.26 bits per heavy atom. The van der Waals surface area contributed by atoms with Crippen LogP contribution in [0.2, 0.25) is 0 Å². The highest BCUT2D eigenvalue weighted by Crippen LogP contribution is 2.23. The summed E-state index contributed by atoms with van der Waals surface area (Å²) in [7, 11) is -3.67. The quantitative estimate of drug-likeness (QED) is 0.688. The maximum atomic E-state index is 12.3. The van der Waals surface area contributed by atoms with Crippen LogP contribution in [-0.2, 0) is 19.6 Å². The largest absolute Gasteiger partial charge is 0.449 e. The van der Waals surface area contributed by atoms with E-state index in [0.717, 1.165) is 19.3 Å². The number of ether oxygens (including phenoxy) is 1. The molecule has 0 heterocycles. The fourth-order valence-corrected chi connectivity index (χ4v) is 4.26. The predicted octanol–water partition coefficient (Wildman–Crippen LogP) is 2.22. The number of nitrogens with one attached hydrogen (secondary N) is 2. The van der Waals surface area contributed by atoms with Gasteiger partial charge in [0.1, 0.15) is 0 Å². The van der Waals surface area contributed by atoms with Crippen LogP contribution in [0.4, 0.5) is 0 Å². The lowest BCUT2D eigenvalue weighted by molar-refractivity contribution is -0.130. The summed E-state index contributed by atoms with van der Waals surface area (Å²) in [5.74, 6) is -0.667. The maximum absolute atomic E-state index is 12.3. The van der Waals surface area contributed by atoms with Crippen molar-refractivity contribution in [2.24, 2.45) is 5.92 Å². The van der Waals surface area contributed by atoms with E-state index < -0.39 is 22.1 Å². The van der Waals surface area contributed by atoms with Gasteiger partial charge in [0.15, 0.2) is 6.10 Å². The molecule has 2 N–H and O–H groups in total. The van der Waals surface area contributed by atoms with Crippen LogP contribution in [0.5, 0.6) is 0 Å². The van der Waals surface area contributed by atoms with E-state index >= 15 is 0 Å². The number of hydrogen-bond donors (Lipinski definition) is 2. The maximum Gasteiger partial charge on any atom is 0.338 e. The van der Waals surface area contributed by atoms with Gasteiger partial charge in [-0.3, -0.25) is 4.79 Å². The molecule has 3 unspecified atom stereocenters. The number of hydrogen-bond acceptors (Lipinski definition) is 5. The second-order valence-electron chi connectivity index (χ2n) is 6.95. The number of carbonyl (C=O) groups is 2. The minimum absolute atomic E-state index is 0.0214. The van der Waals surface area contributed by atoms with E-state index in [0.29, 0.717) is 5.92 Å². The molecular weight excluding hydrogens is 368 g/mol. The van der Waals surface area contributed by atoms with E-state index in [9.17, 15) is 18.0 Å². The third-order valence-corrected chi connectivity index (χ3v) is 6.35. The van der Waals surface area contributed by atoms with Crippen LogP contribution in [0, 0.1) is 5.92 Å². The van der Waals surface area contributed by atoms with Gasteiger partial charge >= 0.3 is 5.97 Å². The molecule has 150 valence electrons. The van der Waals surface area contributed by atoms with Crippen LogP contribution >= 0.6 is 0 Å². The molecule has 1 aliphatic rings. The zero-order valence-corrected chi connectivity index (χ0v) is 16.8. The normalized spacial score (nSPS) is 21.3. The first kappa shape index (κ1) is 21.4. The standard InChI is InChI=1S/C19H28N2O5S/c1-4-20-27(24,25)16-10-7-9-15(12-16)19(23)26-14(3)18(22)21-17-11-6-5-8-13(17)2/h7,9-10,12-14,17,20H,4-6,8,11H2,1-3H3,(H,21,22). The average molecular weight is 397 g/mol. The number of sulfonamides is 1. The third kappa shape index (κ3) is 5.77. The second kappa shape index (κ2) is 9.32. The van der Waals surface area contributed by atoms with Crippen LogP contribution in [-0.4, -0.2) is 39.0 Å². The molecule has 8 heteroatoms. The van der Waals surface area contributed by atoms with Crippen molar-refractivity contribution in [3.8, 4) is 0 Å². The fraction of sp³-hybridized carbons (Fsp3) is 0.579. The Hall–Kier alpha value is -1.93. The summed E-state index contributed by atoms with van der Waals surface area (Å²) in [6.07, 6.45) is 3.30. The zero-order chi connectivity index (χ0) is 20.0. The number of benzene rings is 1. The molecule has 0 bridgehead atoms. The van der Waals surface area contributed by atoms with Crippen molar-refractivity contribution in [1.82, 2.24) is 10.0 Å². The van der Waals surface area contributed by atoms with Crippen molar-refractivity contribution in [2.45, 2.75) is 63.5 Å². The van der Waals surface area contributed by atoms with Crippen molar-refractivity contribution in [1.29, 1.82) is 0 Å². The van der Waals surface area contributed by atoms with Crippen LogP contribution in [0.15, 0.2) is 29.2 Å². The molecule has 2 rings (SSSR count). The van der Waals surface area contributed by atoms with Crippen molar-refractivity contribution in [3.63, 3.8) is 0 Å². The number of rotatable bonds is 7. The Kier molecular flexibility index (Phi) is 7.38. The SMILES string of the molecule is CCNS(=O)(=O)c1cccc(C(=O)OC(C)C(=O)NC2CCCCC2C)c1. The zero-order valence-electron chi connectivity index (χ0n) is 16.0. The van der Waals surface area contributed by atoms with Gasteiger partial charge in [0, 0.05) is 12.6 Å². The Morgan fingerprint density at radius 3 is 2.63 bits per heavy atom. The number of esters is 1. The molecular formula is C19H28N2O5S. The molecule has 27 heavy (non-hydrogen) atoms. The lowest BCUT2D eigenvalue weighted by Crippen LogP contribution is -2.46. The summed E-state index contributed by atoms with van der Waals surface area (Å²) in [5.41, 5.74) is 0.0830. The molecule has 0 radical (unpaired) electrons. The average Bonchev–Trinajstić information content (AvgIpc) is 2.63. The smallest absolute Gasteiger partial charge is 0.338 e. The van der Waals surface area contributed by atoms with E-state index in [1.807, 2.05) is 0 Å². The first-order valence-corrected chi connectivity index (χ1v) is 10.8. The van der Waals surface area contributed by atoms with Crippen molar-refractivity contribution in [3.05, 3.63) is 29.8 Å². The number of amides is 1. The summed E-state index contributed by atoms with van der Waals surface area (Å²) in [5, 5.41) is 2.96. The monoisotopic (exact) mass is 396 g/mol. The van der Waals surface area contributed by atoms with Gasteiger partial charge in [0.25, 0.3) is 5.91 Å².